The molecule has 57 heavy (non-hydrogen) atoms. The average molecular weight is 836 g/mol. The van der Waals surface area contributed by atoms with E-state index in [1.54, 1.807) is 12.2 Å². The maximum absolute atomic E-state index is 12.8. The van der Waals surface area contributed by atoms with Crippen molar-refractivity contribution in [2.75, 3.05) is 19.8 Å². The minimum Gasteiger partial charge on any atom is -0.480 e. The van der Waals surface area contributed by atoms with Crippen LogP contribution in [0, 0.1) is 11.8 Å². The summed E-state index contributed by atoms with van der Waals surface area (Å²) in [5.74, 6) is -3.82. The lowest BCUT2D eigenvalue weighted by atomic mass is 9.87. The summed E-state index contributed by atoms with van der Waals surface area (Å²) in [7, 11) is -4.81. The monoisotopic (exact) mass is 835 g/mol. The van der Waals surface area contributed by atoms with Gasteiger partial charge in [0, 0.05) is 43.9 Å². The minimum atomic E-state index is -4.81. The number of esters is 2. The standard InChI is InChI=1S/C41H74NO14P/c1-3-5-7-8-9-10-11-12-13-14-15-17-22-39(47)53-28-33(29-54-57(51,52)55-30-36(42)41(49)50)56-40(48)23-19-18-21-32(44)26-35-34(37(45)27-38(35)46)25-24-31(43)20-16-6-4-2/h24-25,31,33-38,43,45-46H,3-23,26-30,42H2,1-2H3,(H,49,50)(H,51,52)/b25-24+/t31-,33+,34+,35+,36-,37+,38-/m0/s1. The van der Waals surface area contributed by atoms with Gasteiger partial charge in [-0.15, -0.1) is 0 Å². The molecule has 0 heterocycles. The molecule has 0 aliphatic heterocycles. The van der Waals surface area contributed by atoms with E-state index in [1.807, 2.05) is 0 Å². The number of unbranched alkanes of at least 4 members (excludes halogenated alkanes) is 14. The van der Waals surface area contributed by atoms with E-state index in [0.717, 1.165) is 38.5 Å². The van der Waals surface area contributed by atoms with Gasteiger partial charge in [0.05, 0.1) is 31.5 Å². The van der Waals surface area contributed by atoms with Crippen molar-refractivity contribution in [1.29, 1.82) is 0 Å². The summed E-state index contributed by atoms with van der Waals surface area (Å²) >= 11 is 0. The number of carboxylic acid groups (broad SMARTS) is 1. The van der Waals surface area contributed by atoms with Crippen molar-refractivity contribution in [1.82, 2.24) is 0 Å². The third-order valence-electron chi connectivity index (χ3n) is 10.2. The summed E-state index contributed by atoms with van der Waals surface area (Å²) in [5.41, 5.74) is 5.31. The van der Waals surface area contributed by atoms with Gasteiger partial charge in [-0.3, -0.25) is 28.2 Å². The third-order valence-corrected chi connectivity index (χ3v) is 11.2. The van der Waals surface area contributed by atoms with Crippen molar-refractivity contribution < 1.29 is 67.6 Å². The van der Waals surface area contributed by atoms with Crippen molar-refractivity contribution in [2.24, 2.45) is 17.6 Å². The highest BCUT2D eigenvalue weighted by Crippen LogP contribution is 2.43. The number of ketones is 1. The predicted molar refractivity (Wildman–Crippen MR) is 215 cm³/mol. The predicted octanol–water partition coefficient (Wildman–Crippen LogP) is 6.45. The van der Waals surface area contributed by atoms with Gasteiger partial charge in [0.15, 0.2) is 6.10 Å². The van der Waals surface area contributed by atoms with Gasteiger partial charge >= 0.3 is 25.7 Å². The molecule has 0 aromatic rings. The summed E-state index contributed by atoms with van der Waals surface area (Å²) in [6.45, 7) is 2.30. The summed E-state index contributed by atoms with van der Waals surface area (Å²) in [5, 5.41) is 40.2. The fourth-order valence-corrected chi connectivity index (χ4v) is 7.54. The number of phosphoric acid groups is 1. The first-order valence-corrected chi connectivity index (χ1v) is 22.9. The number of phosphoric ester groups is 1. The highest BCUT2D eigenvalue weighted by molar-refractivity contribution is 7.47. The Hall–Kier alpha value is -2.23. The summed E-state index contributed by atoms with van der Waals surface area (Å²) < 4.78 is 32.5. The molecule has 16 heteroatoms. The molecule has 0 aromatic heterocycles. The largest absolute Gasteiger partial charge is 0.480 e. The van der Waals surface area contributed by atoms with Gasteiger partial charge in [0.1, 0.15) is 18.4 Å². The second-order valence-electron chi connectivity index (χ2n) is 15.4. The summed E-state index contributed by atoms with van der Waals surface area (Å²) in [4.78, 5) is 58.9. The Kier molecular flexibility index (Phi) is 29.3. The number of carbonyl (C=O) groups is 4. The van der Waals surface area contributed by atoms with Crippen LogP contribution < -0.4 is 5.73 Å². The fraction of sp³-hybridized carbons (Fsp3) is 0.854. The van der Waals surface area contributed by atoms with Gasteiger partial charge in [-0.1, -0.05) is 116 Å². The molecule has 8 atom stereocenters. The van der Waals surface area contributed by atoms with Crippen LogP contribution in [0.15, 0.2) is 12.2 Å². The Morgan fingerprint density at radius 2 is 1.26 bits per heavy atom. The molecule has 1 aliphatic carbocycles. The van der Waals surface area contributed by atoms with Crippen molar-refractivity contribution in [3.05, 3.63) is 12.2 Å². The van der Waals surface area contributed by atoms with Crippen LogP contribution >= 0.6 is 7.82 Å². The van der Waals surface area contributed by atoms with Crippen molar-refractivity contribution in [3.8, 4) is 0 Å². The molecule has 1 rings (SSSR count). The Balaban J connectivity index is 2.56. The van der Waals surface area contributed by atoms with Crippen LogP contribution in [-0.2, 0) is 42.3 Å². The highest BCUT2D eigenvalue weighted by atomic mass is 31.2. The Bertz CT molecular complexity index is 1200. The number of carboxylic acids is 1. The summed E-state index contributed by atoms with van der Waals surface area (Å²) in [6.07, 6.45) is 17.8. The second-order valence-corrected chi connectivity index (χ2v) is 16.9. The molecule has 0 aromatic carbocycles. The van der Waals surface area contributed by atoms with E-state index < -0.39 is 87.8 Å². The minimum absolute atomic E-state index is 0.0360. The molecule has 0 bridgehead atoms. The smallest absolute Gasteiger partial charge is 0.472 e. The zero-order valence-electron chi connectivity index (χ0n) is 34.5. The van der Waals surface area contributed by atoms with Crippen LogP contribution in [0.2, 0.25) is 0 Å². The van der Waals surface area contributed by atoms with E-state index in [-0.39, 0.29) is 44.3 Å². The number of Topliss-reactive ketones (excluding diaryl/α,β-unsaturated/α-hetero) is 1. The molecule has 1 fully saturated rings. The first-order chi connectivity index (χ1) is 27.2. The van der Waals surface area contributed by atoms with E-state index in [9.17, 15) is 44.0 Å². The molecule has 0 spiro atoms. The molecule has 1 unspecified atom stereocenters. The highest BCUT2D eigenvalue weighted by Gasteiger charge is 2.41. The van der Waals surface area contributed by atoms with Crippen molar-refractivity contribution in [3.63, 3.8) is 0 Å². The molecule has 0 saturated heterocycles. The number of carbonyl (C=O) groups excluding carboxylic acids is 3. The lowest BCUT2D eigenvalue weighted by molar-refractivity contribution is -0.161. The number of nitrogens with two attached hydrogens (primary N) is 1. The van der Waals surface area contributed by atoms with E-state index in [1.165, 1.54) is 51.4 Å². The molecule has 1 aliphatic rings. The first kappa shape index (κ1) is 52.8. The lowest BCUT2D eigenvalue weighted by Gasteiger charge is -2.21. The van der Waals surface area contributed by atoms with Gasteiger partial charge in [-0.25, -0.2) is 4.57 Å². The van der Waals surface area contributed by atoms with Crippen LogP contribution in [0.3, 0.4) is 0 Å². The Labute approximate surface area is 340 Å². The summed E-state index contributed by atoms with van der Waals surface area (Å²) in [6, 6.07) is -1.58. The number of rotatable bonds is 36. The van der Waals surface area contributed by atoms with Crippen LogP contribution in [0.4, 0.5) is 0 Å². The maximum atomic E-state index is 12.8. The molecule has 7 N–H and O–H groups in total. The maximum Gasteiger partial charge on any atom is 0.472 e. The molecule has 0 radical (unpaired) electrons. The fourth-order valence-electron chi connectivity index (χ4n) is 6.77. The molecule has 332 valence electrons. The van der Waals surface area contributed by atoms with Gasteiger partial charge in [0.2, 0.25) is 0 Å². The lowest BCUT2D eigenvalue weighted by Crippen LogP contribution is -2.34. The SMILES string of the molecule is CCCCCCCCCCCCCCC(=O)OC[C@H](COP(=O)(O)OC[C@H](N)C(=O)O)OC(=O)CCCCC(=O)C[C@@H]1[C@@H](/C=C/[C@@H](O)CCCCC)[C@H](O)C[C@@H]1O. The number of hydrogen-bond donors (Lipinski definition) is 6. The topological polar surface area (TPSA) is 249 Å². The quantitative estimate of drug-likeness (QED) is 0.0172. The van der Waals surface area contributed by atoms with Gasteiger partial charge in [-0.2, -0.15) is 0 Å². The number of ether oxygens (including phenoxy) is 2. The number of aliphatic hydroxyl groups excluding tert-OH is 3. The van der Waals surface area contributed by atoms with Gasteiger partial charge < -0.3 is 40.5 Å². The first-order valence-electron chi connectivity index (χ1n) is 21.4. The zero-order valence-corrected chi connectivity index (χ0v) is 35.4. The molecule has 0 amide bonds. The van der Waals surface area contributed by atoms with Gasteiger partial charge in [0.25, 0.3) is 0 Å². The Morgan fingerprint density at radius 1 is 0.737 bits per heavy atom. The van der Waals surface area contributed by atoms with Crippen LogP contribution in [0.5, 0.6) is 0 Å². The Morgan fingerprint density at radius 3 is 1.88 bits per heavy atom. The van der Waals surface area contributed by atoms with E-state index in [0.29, 0.717) is 19.3 Å². The van der Waals surface area contributed by atoms with Gasteiger partial charge in [-0.05, 0) is 25.7 Å². The normalized spacial score (nSPS) is 20.9. The van der Waals surface area contributed by atoms with Crippen LogP contribution in [-0.4, -0.2) is 99.3 Å². The number of aliphatic carboxylic acids is 1. The van der Waals surface area contributed by atoms with E-state index in [2.05, 4.69) is 18.4 Å². The average Bonchev–Trinajstić information content (AvgIpc) is 3.43. The molecular formula is C41H74NO14P. The molecule has 1 saturated carbocycles. The zero-order chi connectivity index (χ0) is 42.5. The molecular weight excluding hydrogens is 761 g/mol. The van der Waals surface area contributed by atoms with Crippen LogP contribution in [0.1, 0.15) is 162 Å². The third kappa shape index (κ3) is 26.5. The van der Waals surface area contributed by atoms with Crippen LogP contribution in [0.25, 0.3) is 0 Å². The van der Waals surface area contributed by atoms with Crippen molar-refractivity contribution >= 4 is 31.5 Å². The van der Waals surface area contributed by atoms with Crippen molar-refractivity contribution in [2.45, 2.75) is 192 Å². The van der Waals surface area contributed by atoms with E-state index >= 15 is 0 Å². The molecule has 15 nitrogen and oxygen atoms in total. The number of aliphatic hydroxyl groups is 3. The van der Waals surface area contributed by atoms with E-state index in [4.69, 9.17) is 24.8 Å². The number of hydrogen-bond acceptors (Lipinski definition) is 13. The second kappa shape index (κ2) is 31.7.